The summed E-state index contributed by atoms with van der Waals surface area (Å²) < 4.78 is 29.2. The number of nitrogens with zero attached hydrogens (tertiary/aromatic N) is 1. The van der Waals surface area contributed by atoms with Gasteiger partial charge in [0.05, 0.1) is 43.1 Å². The van der Waals surface area contributed by atoms with Gasteiger partial charge in [0.25, 0.3) is 0 Å². The van der Waals surface area contributed by atoms with Crippen LogP contribution in [-0.2, 0) is 27.8 Å². The van der Waals surface area contributed by atoms with Crippen LogP contribution in [0.4, 0.5) is 0 Å². The van der Waals surface area contributed by atoms with E-state index in [0.29, 0.717) is 34.4 Å². The van der Waals surface area contributed by atoms with E-state index in [1.54, 1.807) is 50.6 Å². The first-order valence-corrected chi connectivity index (χ1v) is 14.5. The van der Waals surface area contributed by atoms with Crippen LogP contribution in [0.5, 0.6) is 17.2 Å². The minimum atomic E-state index is -1.33. The molecule has 7 nitrogen and oxygen atoms in total. The van der Waals surface area contributed by atoms with Crippen molar-refractivity contribution in [2.24, 2.45) is 0 Å². The van der Waals surface area contributed by atoms with E-state index in [1.807, 2.05) is 12.1 Å². The van der Waals surface area contributed by atoms with E-state index in [0.717, 1.165) is 37.5 Å². The van der Waals surface area contributed by atoms with E-state index in [1.165, 1.54) is 30.9 Å². The number of methoxy groups -OCH3 is 2. The monoisotopic (exact) mass is 551 g/mol. The first-order valence-electron chi connectivity index (χ1n) is 13.2. The molecule has 0 bridgehead atoms. The van der Waals surface area contributed by atoms with E-state index in [4.69, 9.17) is 19.3 Å². The number of aromatic nitrogens is 1. The summed E-state index contributed by atoms with van der Waals surface area (Å²) in [4.78, 5) is 16.3. The number of carbonyl (C=O) groups is 1. The molecular weight excluding hydrogens is 514 g/mol. The Morgan fingerprint density at radius 1 is 0.897 bits per heavy atom. The first kappa shape index (κ1) is 29.9. The maximum atomic E-state index is 12.8. The molecule has 1 unspecified atom stereocenters. The van der Waals surface area contributed by atoms with Crippen LogP contribution in [0, 0.1) is 0 Å². The highest BCUT2D eigenvalue weighted by molar-refractivity contribution is 7.84. The number of aliphatic carboxylic acids is 1. The van der Waals surface area contributed by atoms with Crippen LogP contribution in [0.25, 0.3) is 6.08 Å². The van der Waals surface area contributed by atoms with Gasteiger partial charge in [0.2, 0.25) is 0 Å². The average molecular weight is 552 g/mol. The van der Waals surface area contributed by atoms with Crippen molar-refractivity contribution in [3.63, 3.8) is 0 Å². The van der Waals surface area contributed by atoms with Crippen LogP contribution < -0.4 is 14.2 Å². The number of pyridine rings is 1. The first-order chi connectivity index (χ1) is 19.0. The predicted octanol–water partition coefficient (Wildman–Crippen LogP) is 6.47. The molecule has 39 heavy (non-hydrogen) atoms. The molecule has 0 fully saturated rings. The van der Waals surface area contributed by atoms with Crippen LogP contribution in [-0.4, -0.2) is 41.1 Å². The van der Waals surface area contributed by atoms with E-state index in [9.17, 15) is 9.00 Å². The Hall–Kier alpha value is -3.65. The lowest BCUT2D eigenvalue weighted by atomic mass is 10.0. The summed E-state index contributed by atoms with van der Waals surface area (Å²) in [6.45, 7) is 0.524. The van der Waals surface area contributed by atoms with Crippen molar-refractivity contribution in [2.45, 2.75) is 55.6 Å². The largest absolute Gasteiger partial charge is 0.497 e. The van der Waals surface area contributed by atoms with Crippen molar-refractivity contribution in [3.8, 4) is 17.2 Å². The molecule has 0 aliphatic rings. The van der Waals surface area contributed by atoms with Gasteiger partial charge >= 0.3 is 5.97 Å². The van der Waals surface area contributed by atoms with Gasteiger partial charge in [0.15, 0.2) is 0 Å². The third kappa shape index (κ3) is 10.6. The number of carboxylic acid groups (broad SMARTS) is 1. The van der Waals surface area contributed by atoms with Crippen LogP contribution in [0.15, 0.2) is 71.6 Å². The molecule has 0 radical (unpaired) electrons. The Morgan fingerprint density at radius 2 is 1.62 bits per heavy atom. The highest BCUT2D eigenvalue weighted by Gasteiger charge is 2.11. The Balaban J connectivity index is 1.43. The molecule has 1 N–H and O–H groups in total. The van der Waals surface area contributed by atoms with E-state index < -0.39 is 16.8 Å². The molecule has 8 heteroatoms. The number of aryl methyl sites for hydroxylation is 1. The molecule has 3 rings (SSSR count). The topological polar surface area (TPSA) is 95.0 Å². The smallest absolute Gasteiger partial charge is 0.328 e. The fourth-order valence-corrected chi connectivity index (χ4v) is 5.12. The summed E-state index contributed by atoms with van der Waals surface area (Å²) in [6.07, 6.45) is 10.2. The standard InChI is InChI=1S/C31H37NO6S/c1-36-26-16-13-24(14-17-26)10-7-5-3-4-6-8-21-38-30-19-15-25(32-29(30)18-20-31(33)34)23-39(35)28-12-9-11-27(22-28)37-2/h9,11-20,22H,3-8,10,21,23H2,1-2H3,(H,33,34)/b20-18+. The highest BCUT2D eigenvalue weighted by Crippen LogP contribution is 2.23. The third-order valence-corrected chi connectivity index (χ3v) is 7.52. The summed E-state index contributed by atoms with van der Waals surface area (Å²) in [7, 11) is 1.92. The van der Waals surface area contributed by atoms with E-state index in [2.05, 4.69) is 17.1 Å². The number of hydrogen-bond acceptors (Lipinski definition) is 6. The van der Waals surface area contributed by atoms with Gasteiger partial charge in [-0.05, 0) is 73.4 Å². The minimum absolute atomic E-state index is 0.194. The lowest BCUT2D eigenvalue weighted by molar-refractivity contribution is -0.131. The zero-order valence-corrected chi connectivity index (χ0v) is 23.5. The van der Waals surface area contributed by atoms with Crippen molar-refractivity contribution < 1.29 is 28.3 Å². The molecule has 2 aromatic carbocycles. The lowest BCUT2D eigenvalue weighted by Gasteiger charge is -2.11. The molecular formula is C31H37NO6S. The van der Waals surface area contributed by atoms with Crippen molar-refractivity contribution in [2.75, 3.05) is 20.8 Å². The number of ether oxygens (including phenoxy) is 3. The zero-order valence-electron chi connectivity index (χ0n) is 22.6. The summed E-state index contributed by atoms with van der Waals surface area (Å²) in [5, 5.41) is 9.08. The van der Waals surface area contributed by atoms with Crippen LogP contribution in [0.2, 0.25) is 0 Å². The maximum absolute atomic E-state index is 12.8. The third-order valence-electron chi connectivity index (χ3n) is 6.19. The highest BCUT2D eigenvalue weighted by atomic mass is 32.2. The van der Waals surface area contributed by atoms with Gasteiger partial charge in [-0.3, -0.25) is 4.21 Å². The van der Waals surface area contributed by atoms with Crippen LogP contribution in [0.3, 0.4) is 0 Å². The maximum Gasteiger partial charge on any atom is 0.328 e. The summed E-state index contributed by atoms with van der Waals surface area (Å²) in [5.74, 6) is 1.16. The van der Waals surface area contributed by atoms with Gasteiger partial charge in [0, 0.05) is 11.0 Å². The van der Waals surface area contributed by atoms with Gasteiger partial charge in [-0.2, -0.15) is 0 Å². The van der Waals surface area contributed by atoms with Crippen molar-refractivity contribution in [1.29, 1.82) is 0 Å². The lowest BCUT2D eigenvalue weighted by Crippen LogP contribution is -2.04. The summed E-state index contributed by atoms with van der Waals surface area (Å²) in [5.41, 5.74) is 2.34. The van der Waals surface area contributed by atoms with E-state index >= 15 is 0 Å². The molecule has 208 valence electrons. The average Bonchev–Trinajstić information content (AvgIpc) is 2.96. The minimum Gasteiger partial charge on any atom is -0.497 e. The van der Waals surface area contributed by atoms with Gasteiger partial charge in [-0.15, -0.1) is 0 Å². The Labute approximate surface area is 233 Å². The second-order valence-electron chi connectivity index (χ2n) is 9.09. The normalized spacial score (nSPS) is 11.8. The molecule has 1 heterocycles. The molecule has 0 aliphatic heterocycles. The Bertz CT molecular complexity index is 1240. The summed E-state index contributed by atoms with van der Waals surface area (Å²) >= 11 is 0. The second kappa shape index (κ2) is 16.3. The Kier molecular flexibility index (Phi) is 12.5. The quantitative estimate of drug-likeness (QED) is 0.152. The molecule has 0 spiro atoms. The zero-order chi connectivity index (χ0) is 27.9. The van der Waals surface area contributed by atoms with Gasteiger partial charge in [-0.25, -0.2) is 9.78 Å². The van der Waals surface area contributed by atoms with Crippen LogP contribution >= 0.6 is 0 Å². The number of hydrogen-bond donors (Lipinski definition) is 1. The molecule has 0 saturated carbocycles. The molecule has 0 amide bonds. The van der Waals surface area contributed by atoms with Crippen LogP contribution in [0.1, 0.15) is 55.5 Å². The number of benzene rings is 2. The number of unbranched alkanes of at least 4 members (excludes halogenated alkanes) is 5. The predicted molar refractivity (Wildman–Crippen MR) is 154 cm³/mol. The van der Waals surface area contributed by atoms with Crippen molar-refractivity contribution >= 4 is 22.8 Å². The molecule has 3 aromatic rings. The van der Waals surface area contributed by atoms with Crippen molar-refractivity contribution in [1.82, 2.24) is 4.98 Å². The summed E-state index contributed by atoms with van der Waals surface area (Å²) in [6, 6.07) is 18.9. The Morgan fingerprint density at radius 3 is 2.33 bits per heavy atom. The van der Waals surface area contributed by atoms with Gasteiger partial charge in [-0.1, -0.05) is 43.9 Å². The fraction of sp³-hybridized carbons (Fsp3) is 0.355. The van der Waals surface area contributed by atoms with E-state index in [-0.39, 0.29) is 5.75 Å². The molecule has 0 aliphatic carbocycles. The molecule has 1 aromatic heterocycles. The fourth-order valence-electron chi connectivity index (χ4n) is 4.05. The number of carboxylic acids is 1. The molecule has 1 atom stereocenters. The second-order valence-corrected chi connectivity index (χ2v) is 10.5. The van der Waals surface area contributed by atoms with Gasteiger partial charge < -0.3 is 19.3 Å². The molecule has 0 saturated heterocycles. The van der Waals surface area contributed by atoms with Gasteiger partial charge in [0.1, 0.15) is 22.9 Å². The van der Waals surface area contributed by atoms with Crippen molar-refractivity contribution in [3.05, 3.63) is 83.7 Å². The number of rotatable bonds is 17. The SMILES string of the molecule is COc1ccc(CCCCCCCCOc2ccc(CS(=O)c3cccc(OC)c3)nc2/C=C/C(=O)O)cc1.